The van der Waals surface area contributed by atoms with Gasteiger partial charge in [-0.25, -0.2) is 4.79 Å². The van der Waals surface area contributed by atoms with E-state index in [0.29, 0.717) is 17.0 Å². The zero-order valence-corrected chi connectivity index (χ0v) is 11.8. The molecule has 21 heavy (non-hydrogen) atoms. The lowest BCUT2D eigenvalue weighted by Crippen LogP contribution is -2.10. The van der Waals surface area contributed by atoms with E-state index in [1.165, 1.54) is 19.4 Å². The van der Waals surface area contributed by atoms with Gasteiger partial charge in [0.1, 0.15) is 5.76 Å². The second-order valence-electron chi connectivity index (χ2n) is 4.36. The zero-order chi connectivity index (χ0) is 15.2. The molecule has 2 rings (SSSR count). The van der Waals surface area contributed by atoms with Gasteiger partial charge in [-0.05, 0) is 42.8 Å². The molecule has 2 aromatic rings. The maximum Gasteiger partial charge on any atom is 0.337 e. The number of amides is 1. The number of hydrogen-bond acceptors (Lipinski definition) is 4. The third kappa shape index (κ3) is 3.82. The van der Waals surface area contributed by atoms with Crippen LogP contribution >= 0.6 is 0 Å². The first-order valence-electron chi connectivity index (χ1n) is 6.31. The Morgan fingerprint density at radius 1 is 1.29 bits per heavy atom. The number of anilines is 1. The summed E-state index contributed by atoms with van der Waals surface area (Å²) in [6, 6.07) is 8.46. The Labute approximate surface area is 122 Å². The fourth-order valence-corrected chi connectivity index (χ4v) is 1.72. The lowest BCUT2D eigenvalue weighted by molar-refractivity contribution is -0.111. The predicted molar refractivity (Wildman–Crippen MR) is 78.9 cm³/mol. The van der Waals surface area contributed by atoms with Gasteiger partial charge in [-0.1, -0.05) is 6.07 Å². The summed E-state index contributed by atoms with van der Waals surface area (Å²) in [6.45, 7) is 1.84. The third-order valence-electron chi connectivity index (χ3n) is 2.86. The maximum atomic E-state index is 11.9. The number of furan rings is 1. The summed E-state index contributed by atoms with van der Waals surface area (Å²) < 4.78 is 9.75. The number of rotatable bonds is 4. The van der Waals surface area contributed by atoms with Gasteiger partial charge >= 0.3 is 5.97 Å². The standard InChI is InChI=1S/C16H15NO4/c1-11-5-6-12(16(19)20-2)10-14(11)17-15(18)8-7-13-4-3-9-21-13/h3-10H,1-2H3,(H,17,18). The Bertz CT molecular complexity index is 672. The second kappa shape index (κ2) is 6.56. The SMILES string of the molecule is COC(=O)c1ccc(C)c(NC(=O)C=Cc2ccco2)c1. The highest BCUT2D eigenvalue weighted by Crippen LogP contribution is 2.17. The molecule has 1 heterocycles. The van der Waals surface area contributed by atoms with Crippen molar-refractivity contribution < 1.29 is 18.7 Å². The summed E-state index contributed by atoms with van der Waals surface area (Å²) >= 11 is 0. The van der Waals surface area contributed by atoms with Crippen LogP contribution in [0.1, 0.15) is 21.7 Å². The first-order valence-corrected chi connectivity index (χ1v) is 6.31. The summed E-state index contributed by atoms with van der Waals surface area (Å²) in [6.07, 6.45) is 4.46. The third-order valence-corrected chi connectivity index (χ3v) is 2.86. The molecule has 1 aromatic heterocycles. The van der Waals surface area contributed by atoms with E-state index in [1.54, 1.807) is 36.4 Å². The Morgan fingerprint density at radius 3 is 2.76 bits per heavy atom. The van der Waals surface area contributed by atoms with Gasteiger partial charge in [0.25, 0.3) is 0 Å². The molecule has 0 spiro atoms. The van der Waals surface area contributed by atoms with E-state index in [2.05, 4.69) is 10.1 Å². The van der Waals surface area contributed by atoms with Gasteiger partial charge in [0.15, 0.2) is 0 Å². The first kappa shape index (κ1) is 14.6. The summed E-state index contributed by atoms with van der Waals surface area (Å²) in [5, 5.41) is 2.72. The van der Waals surface area contributed by atoms with Gasteiger partial charge in [-0.15, -0.1) is 0 Å². The van der Waals surface area contributed by atoms with Crippen LogP contribution in [0.4, 0.5) is 5.69 Å². The number of hydrogen-bond donors (Lipinski definition) is 1. The van der Waals surface area contributed by atoms with E-state index in [4.69, 9.17) is 4.42 Å². The molecule has 5 heteroatoms. The van der Waals surface area contributed by atoms with Gasteiger partial charge in [-0.3, -0.25) is 4.79 Å². The molecule has 0 aliphatic rings. The van der Waals surface area contributed by atoms with Crippen molar-refractivity contribution >= 4 is 23.6 Å². The molecule has 5 nitrogen and oxygen atoms in total. The molecule has 0 aliphatic carbocycles. The Morgan fingerprint density at radius 2 is 2.10 bits per heavy atom. The normalized spacial score (nSPS) is 10.6. The minimum absolute atomic E-state index is 0.309. The molecule has 0 atom stereocenters. The molecule has 108 valence electrons. The number of carbonyl (C=O) groups excluding carboxylic acids is 2. The van der Waals surface area contributed by atoms with Crippen molar-refractivity contribution in [2.75, 3.05) is 12.4 Å². The van der Waals surface area contributed by atoms with Crippen LogP contribution in [-0.2, 0) is 9.53 Å². The number of esters is 1. The van der Waals surface area contributed by atoms with Crippen LogP contribution in [0.15, 0.2) is 47.1 Å². The van der Waals surface area contributed by atoms with Gasteiger partial charge in [0.2, 0.25) is 5.91 Å². The molecule has 0 radical (unpaired) electrons. The number of carbonyl (C=O) groups is 2. The quantitative estimate of drug-likeness (QED) is 0.692. The first-order chi connectivity index (χ1) is 10.1. The van der Waals surface area contributed by atoms with Crippen LogP contribution in [0.2, 0.25) is 0 Å². The van der Waals surface area contributed by atoms with Gasteiger partial charge < -0.3 is 14.5 Å². The lowest BCUT2D eigenvalue weighted by atomic mass is 10.1. The molecule has 1 aromatic carbocycles. The largest absolute Gasteiger partial charge is 0.465 e. The van der Waals surface area contributed by atoms with Crippen LogP contribution < -0.4 is 5.32 Å². The van der Waals surface area contributed by atoms with E-state index in [9.17, 15) is 9.59 Å². The van der Waals surface area contributed by atoms with Crippen LogP contribution in [0.5, 0.6) is 0 Å². The van der Waals surface area contributed by atoms with E-state index >= 15 is 0 Å². The molecule has 0 aliphatic heterocycles. The fraction of sp³-hybridized carbons (Fsp3) is 0.125. The van der Waals surface area contributed by atoms with Gasteiger partial charge in [0.05, 0.1) is 18.9 Å². The molecule has 0 saturated heterocycles. The van der Waals surface area contributed by atoms with E-state index < -0.39 is 5.97 Å². The van der Waals surface area contributed by atoms with Gasteiger partial charge in [0, 0.05) is 11.8 Å². The van der Waals surface area contributed by atoms with E-state index in [0.717, 1.165) is 5.56 Å². The molecular formula is C16H15NO4. The van der Waals surface area contributed by atoms with Crippen molar-refractivity contribution in [3.05, 3.63) is 59.6 Å². The second-order valence-corrected chi connectivity index (χ2v) is 4.36. The van der Waals surface area contributed by atoms with Crippen LogP contribution in [0.25, 0.3) is 6.08 Å². The van der Waals surface area contributed by atoms with Crippen molar-refractivity contribution in [1.82, 2.24) is 0 Å². The molecule has 0 unspecified atom stereocenters. The van der Waals surface area contributed by atoms with Crippen molar-refractivity contribution in [1.29, 1.82) is 0 Å². The number of aryl methyl sites for hydroxylation is 1. The van der Waals surface area contributed by atoms with Crippen LogP contribution in [-0.4, -0.2) is 19.0 Å². The number of ether oxygens (including phenoxy) is 1. The highest BCUT2D eigenvalue weighted by Gasteiger charge is 2.09. The van der Waals surface area contributed by atoms with Crippen molar-refractivity contribution in [3.63, 3.8) is 0 Å². The number of nitrogens with one attached hydrogen (secondary N) is 1. The highest BCUT2D eigenvalue weighted by atomic mass is 16.5. The van der Waals surface area contributed by atoms with Gasteiger partial charge in [-0.2, -0.15) is 0 Å². The average Bonchev–Trinajstić information content (AvgIpc) is 3.00. The summed E-state index contributed by atoms with van der Waals surface area (Å²) in [5.41, 5.74) is 1.79. The Balaban J connectivity index is 2.11. The number of methoxy groups -OCH3 is 1. The molecule has 0 bridgehead atoms. The fourth-order valence-electron chi connectivity index (χ4n) is 1.72. The minimum Gasteiger partial charge on any atom is -0.465 e. The highest BCUT2D eigenvalue weighted by molar-refractivity contribution is 6.03. The summed E-state index contributed by atoms with van der Waals surface area (Å²) in [5.74, 6) is -0.168. The maximum absolute atomic E-state index is 11.9. The Kier molecular flexibility index (Phi) is 4.56. The monoisotopic (exact) mass is 285 g/mol. The van der Waals surface area contributed by atoms with Crippen molar-refractivity contribution in [3.8, 4) is 0 Å². The molecule has 1 amide bonds. The summed E-state index contributed by atoms with van der Waals surface area (Å²) in [4.78, 5) is 23.3. The topological polar surface area (TPSA) is 68.5 Å². The zero-order valence-electron chi connectivity index (χ0n) is 11.8. The smallest absolute Gasteiger partial charge is 0.337 e. The lowest BCUT2D eigenvalue weighted by Gasteiger charge is -2.08. The Hall–Kier alpha value is -2.82. The number of benzene rings is 1. The van der Waals surface area contributed by atoms with Crippen LogP contribution in [0, 0.1) is 6.92 Å². The van der Waals surface area contributed by atoms with E-state index in [-0.39, 0.29) is 5.91 Å². The van der Waals surface area contributed by atoms with E-state index in [1.807, 2.05) is 6.92 Å². The predicted octanol–water partition coefficient (Wildman–Crippen LogP) is 3.03. The van der Waals surface area contributed by atoms with Crippen molar-refractivity contribution in [2.45, 2.75) is 6.92 Å². The summed E-state index contributed by atoms with van der Waals surface area (Å²) in [7, 11) is 1.31. The van der Waals surface area contributed by atoms with Crippen LogP contribution in [0.3, 0.4) is 0 Å². The molecule has 0 fully saturated rings. The average molecular weight is 285 g/mol. The minimum atomic E-state index is -0.448. The molecule has 0 saturated carbocycles. The molecular weight excluding hydrogens is 270 g/mol. The van der Waals surface area contributed by atoms with Crippen molar-refractivity contribution in [2.24, 2.45) is 0 Å². The molecule has 1 N–H and O–H groups in total.